The van der Waals surface area contributed by atoms with Crippen molar-refractivity contribution in [1.82, 2.24) is 10.3 Å². The Morgan fingerprint density at radius 2 is 1.54 bits per heavy atom. The third-order valence-corrected chi connectivity index (χ3v) is 4.03. The van der Waals surface area contributed by atoms with Gasteiger partial charge in [-0.2, -0.15) is 0 Å². The van der Waals surface area contributed by atoms with Crippen LogP contribution in [0.3, 0.4) is 0 Å². The van der Waals surface area contributed by atoms with Gasteiger partial charge >= 0.3 is 6.03 Å². The number of hydrogen-bond acceptors (Lipinski definition) is 3. The maximum atomic E-state index is 12.2. The van der Waals surface area contributed by atoms with Crippen molar-refractivity contribution in [2.24, 2.45) is 0 Å². The minimum absolute atomic E-state index is 0.386. The number of imide groups is 1. The molecular weight excluding hydrogens is 326 g/mol. The third-order valence-electron chi connectivity index (χ3n) is 4.03. The van der Waals surface area contributed by atoms with Gasteiger partial charge in [0.05, 0.1) is 0 Å². The van der Waals surface area contributed by atoms with Crippen LogP contribution in [0.5, 0.6) is 0 Å². The van der Waals surface area contributed by atoms with Gasteiger partial charge < -0.3 is 0 Å². The molecule has 5 heteroatoms. The van der Waals surface area contributed by atoms with Gasteiger partial charge in [-0.25, -0.2) is 9.78 Å². The van der Waals surface area contributed by atoms with E-state index in [-0.39, 0.29) is 0 Å². The van der Waals surface area contributed by atoms with Crippen LogP contribution in [0.4, 0.5) is 10.6 Å². The summed E-state index contributed by atoms with van der Waals surface area (Å²) in [6.45, 7) is 3.70. The Morgan fingerprint density at radius 3 is 2.23 bits per heavy atom. The molecule has 0 saturated heterocycles. The number of pyridine rings is 1. The van der Waals surface area contributed by atoms with Gasteiger partial charge in [0, 0.05) is 16.8 Å². The van der Waals surface area contributed by atoms with Crippen LogP contribution in [0.15, 0.2) is 66.7 Å². The highest BCUT2D eigenvalue weighted by molar-refractivity contribution is 6.08. The molecule has 3 amide bonds. The molecule has 0 fully saturated rings. The van der Waals surface area contributed by atoms with Crippen LogP contribution in [0.1, 0.15) is 21.6 Å². The first-order chi connectivity index (χ1) is 12.5. The Bertz CT molecular complexity index is 952. The Kier molecular flexibility index (Phi) is 5.08. The Balaban J connectivity index is 1.69. The summed E-state index contributed by atoms with van der Waals surface area (Å²) in [7, 11) is 0. The average Bonchev–Trinajstić information content (AvgIpc) is 2.62. The molecule has 1 aromatic heterocycles. The first-order valence-corrected chi connectivity index (χ1v) is 8.25. The number of hydrogen-bond donors (Lipinski definition) is 2. The standard InChI is InChI=1S/C21H19N3O2/c1-14-8-6-7-11-17(14)20(25)24-21(26)23-19-13-12-18(15(2)22-19)16-9-4-3-5-10-16/h3-13H,1-2H3,(H2,22,23,24,25,26). The first-order valence-electron chi connectivity index (χ1n) is 8.25. The van der Waals surface area contributed by atoms with Gasteiger partial charge in [0.15, 0.2) is 0 Å². The number of rotatable bonds is 3. The van der Waals surface area contributed by atoms with Crippen molar-refractivity contribution in [2.75, 3.05) is 5.32 Å². The predicted molar refractivity (Wildman–Crippen MR) is 102 cm³/mol. The highest BCUT2D eigenvalue weighted by Crippen LogP contribution is 2.23. The number of urea groups is 1. The normalized spacial score (nSPS) is 10.2. The third kappa shape index (κ3) is 3.95. The summed E-state index contributed by atoms with van der Waals surface area (Å²) in [5, 5.41) is 4.92. The molecule has 3 rings (SSSR count). The SMILES string of the molecule is Cc1ccccc1C(=O)NC(=O)Nc1ccc(-c2ccccc2)c(C)n1. The largest absolute Gasteiger partial charge is 0.327 e. The molecule has 0 saturated carbocycles. The van der Waals surface area contributed by atoms with E-state index in [1.165, 1.54) is 0 Å². The maximum absolute atomic E-state index is 12.2. The summed E-state index contributed by atoms with van der Waals surface area (Å²) in [5.74, 6) is -0.0597. The molecule has 0 aliphatic heterocycles. The van der Waals surface area contributed by atoms with Crippen molar-refractivity contribution >= 4 is 17.8 Å². The molecule has 0 unspecified atom stereocenters. The zero-order valence-electron chi connectivity index (χ0n) is 14.6. The Labute approximate surface area is 152 Å². The molecule has 2 N–H and O–H groups in total. The van der Waals surface area contributed by atoms with Gasteiger partial charge in [0.25, 0.3) is 5.91 Å². The van der Waals surface area contributed by atoms with Crippen LogP contribution < -0.4 is 10.6 Å². The van der Waals surface area contributed by atoms with E-state index < -0.39 is 11.9 Å². The summed E-state index contributed by atoms with van der Waals surface area (Å²) in [6, 6.07) is 20.0. The number of amides is 3. The van der Waals surface area contributed by atoms with Crippen LogP contribution in [0.25, 0.3) is 11.1 Å². The van der Waals surface area contributed by atoms with Crippen LogP contribution in [0, 0.1) is 13.8 Å². The molecule has 0 aliphatic carbocycles. The molecule has 26 heavy (non-hydrogen) atoms. The maximum Gasteiger partial charge on any atom is 0.327 e. The molecule has 2 aromatic carbocycles. The number of aryl methyl sites for hydroxylation is 2. The molecule has 1 heterocycles. The van der Waals surface area contributed by atoms with Crippen molar-refractivity contribution in [3.63, 3.8) is 0 Å². The zero-order valence-corrected chi connectivity index (χ0v) is 14.6. The number of benzene rings is 2. The fourth-order valence-electron chi connectivity index (χ4n) is 2.70. The van der Waals surface area contributed by atoms with Crippen LogP contribution in [0.2, 0.25) is 0 Å². The topological polar surface area (TPSA) is 71.1 Å². The van der Waals surface area contributed by atoms with Gasteiger partial charge in [0.2, 0.25) is 0 Å². The molecule has 0 atom stereocenters. The smallest absolute Gasteiger partial charge is 0.292 e. The van der Waals surface area contributed by atoms with E-state index in [1.807, 2.05) is 62.4 Å². The van der Waals surface area contributed by atoms with Crippen molar-refractivity contribution < 1.29 is 9.59 Å². The summed E-state index contributed by atoms with van der Waals surface area (Å²) >= 11 is 0. The van der Waals surface area contributed by atoms with E-state index in [2.05, 4.69) is 15.6 Å². The fourth-order valence-corrected chi connectivity index (χ4v) is 2.70. The summed E-state index contributed by atoms with van der Waals surface area (Å²) < 4.78 is 0. The van der Waals surface area contributed by atoms with Gasteiger partial charge in [0.1, 0.15) is 5.82 Å². The number of carbonyl (C=O) groups excluding carboxylic acids is 2. The van der Waals surface area contributed by atoms with Crippen molar-refractivity contribution in [3.8, 4) is 11.1 Å². The summed E-state index contributed by atoms with van der Waals surface area (Å²) in [4.78, 5) is 28.7. The zero-order chi connectivity index (χ0) is 18.5. The van der Waals surface area contributed by atoms with Gasteiger partial charge in [-0.3, -0.25) is 15.4 Å². The molecule has 130 valence electrons. The van der Waals surface area contributed by atoms with Crippen LogP contribution in [-0.2, 0) is 0 Å². The molecule has 0 bridgehead atoms. The molecule has 3 aromatic rings. The van der Waals surface area contributed by atoms with E-state index in [1.54, 1.807) is 18.2 Å². The number of aromatic nitrogens is 1. The number of carbonyl (C=O) groups is 2. The van der Waals surface area contributed by atoms with E-state index in [9.17, 15) is 9.59 Å². The number of nitrogens with one attached hydrogen (secondary N) is 2. The van der Waals surface area contributed by atoms with Crippen LogP contribution in [-0.4, -0.2) is 16.9 Å². The van der Waals surface area contributed by atoms with Crippen molar-refractivity contribution in [3.05, 3.63) is 83.6 Å². The molecule has 0 radical (unpaired) electrons. The lowest BCUT2D eigenvalue weighted by Gasteiger charge is -2.10. The first kappa shape index (κ1) is 17.4. The molecular formula is C21H19N3O2. The highest BCUT2D eigenvalue weighted by Gasteiger charge is 2.13. The summed E-state index contributed by atoms with van der Waals surface area (Å²) in [5.41, 5.74) is 4.11. The van der Waals surface area contributed by atoms with Crippen molar-refractivity contribution in [2.45, 2.75) is 13.8 Å². The number of nitrogens with zero attached hydrogens (tertiary/aromatic N) is 1. The molecule has 0 spiro atoms. The molecule has 0 aliphatic rings. The second kappa shape index (κ2) is 7.61. The van der Waals surface area contributed by atoms with E-state index in [0.29, 0.717) is 11.4 Å². The minimum Gasteiger partial charge on any atom is -0.292 e. The van der Waals surface area contributed by atoms with Gasteiger partial charge in [-0.05, 0) is 43.2 Å². The average molecular weight is 345 g/mol. The van der Waals surface area contributed by atoms with Gasteiger partial charge in [-0.15, -0.1) is 0 Å². The Morgan fingerprint density at radius 1 is 0.846 bits per heavy atom. The van der Waals surface area contributed by atoms with E-state index in [0.717, 1.165) is 22.4 Å². The number of anilines is 1. The van der Waals surface area contributed by atoms with E-state index in [4.69, 9.17) is 0 Å². The predicted octanol–water partition coefficient (Wildman–Crippen LogP) is 4.33. The van der Waals surface area contributed by atoms with Crippen molar-refractivity contribution in [1.29, 1.82) is 0 Å². The lowest BCUT2D eigenvalue weighted by Crippen LogP contribution is -2.35. The summed E-state index contributed by atoms with van der Waals surface area (Å²) in [6.07, 6.45) is 0. The van der Waals surface area contributed by atoms with Gasteiger partial charge in [-0.1, -0.05) is 48.5 Å². The lowest BCUT2D eigenvalue weighted by atomic mass is 10.0. The second-order valence-corrected chi connectivity index (χ2v) is 5.92. The Hall–Kier alpha value is -3.47. The van der Waals surface area contributed by atoms with Crippen LogP contribution >= 0.6 is 0 Å². The quantitative estimate of drug-likeness (QED) is 0.742. The fraction of sp³-hybridized carbons (Fsp3) is 0.0952. The highest BCUT2D eigenvalue weighted by atomic mass is 16.2. The molecule has 5 nitrogen and oxygen atoms in total. The lowest BCUT2D eigenvalue weighted by molar-refractivity contribution is 0.0966. The minimum atomic E-state index is -0.613. The monoisotopic (exact) mass is 345 g/mol. The van der Waals surface area contributed by atoms with E-state index >= 15 is 0 Å². The second-order valence-electron chi connectivity index (χ2n) is 5.92.